The topological polar surface area (TPSA) is 101 Å². The zero-order chi connectivity index (χ0) is 13.7. The van der Waals surface area contributed by atoms with Gasteiger partial charge >= 0.3 is 6.03 Å². The summed E-state index contributed by atoms with van der Waals surface area (Å²) in [7, 11) is 1.76. The molecule has 98 valence electrons. The number of imide groups is 1. The summed E-state index contributed by atoms with van der Waals surface area (Å²) < 4.78 is 0. The molecule has 0 fully saturated rings. The Bertz CT molecular complexity index is 447. The number of primary amides is 1. The van der Waals surface area contributed by atoms with Gasteiger partial charge in [0.05, 0.1) is 0 Å². The molecule has 0 radical (unpaired) electrons. The van der Waals surface area contributed by atoms with Gasteiger partial charge in [0.1, 0.15) is 6.04 Å². The van der Waals surface area contributed by atoms with Gasteiger partial charge in [0.15, 0.2) is 0 Å². The van der Waals surface area contributed by atoms with E-state index in [4.69, 9.17) is 11.5 Å². The van der Waals surface area contributed by atoms with Gasteiger partial charge in [0, 0.05) is 19.3 Å². The van der Waals surface area contributed by atoms with Crippen LogP contribution in [0.5, 0.6) is 0 Å². The van der Waals surface area contributed by atoms with Gasteiger partial charge in [0.2, 0.25) is 5.91 Å². The second-order valence-electron chi connectivity index (χ2n) is 4.01. The third-order valence-electron chi connectivity index (χ3n) is 2.76. The predicted molar refractivity (Wildman–Crippen MR) is 69.9 cm³/mol. The van der Waals surface area contributed by atoms with Crippen molar-refractivity contribution in [1.29, 1.82) is 0 Å². The summed E-state index contributed by atoms with van der Waals surface area (Å²) in [6, 6.07) is 6.18. The quantitative estimate of drug-likeness (QED) is 0.708. The lowest BCUT2D eigenvalue weighted by atomic mass is 10.1. The summed E-state index contributed by atoms with van der Waals surface area (Å²) in [6.45, 7) is 2.12. The summed E-state index contributed by atoms with van der Waals surface area (Å²) in [6.07, 6.45) is 0. The summed E-state index contributed by atoms with van der Waals surface area (Å²) in [5.74, 6) is -0.442. The van der Waals surface area contributed by atoms with Crippen molar-refractivity contribution in [2.24, 2.45) is 11.5 Å². The highest BCUT2D eigenvalue weighted by Gasteiger charge is 2.19. The van der Waals surface area contributed by atoms with E-state index in [1.54, 1.807) is 18.9 Å². The average molecular weight is 250 g/mol. The molecule has 0 heterocycles. The highest BCUT2D eigenvalue weighted by Crippen LogP contribution is 2.16. The fourth-order valence-electron chi connectivity index (χ4n) is 1.53. The van der Waals surface area contributed by atoms with Crippen molar-refractivity contribution in [2.45, 2.75) is 19.5 Å². The minimum absolute atomic E-state index is 0.434. The molecule has 1 aromatic carbocycles. The van der Waals surface area contributed by atoms with E-state index >= 15 is 0 Å². The number of carbonyl (C=O) groups excluding carboxylic acids is 2. The number of amides is 3. The highest BCUT2D eigenvalue weighted by molar-refractivity contribution is 5.97. The minimum atomic E-state index is -0.851. The lowest BCUT2D eigenvalue weighted by molar-refractivity contribution is -0.120. The van der Waals surface area contributed by atoms with Crippen LogP contribution in [0.1, 0.15) is 12.5 Å². The van der Waals surface area contributed by atoms with Crippen molar-refractivity contribution in [2.75, 3.05) is 11.9 Å². The van der Waals surface area contributed by atoms with E-state index in [0.717, 1.165) is 11.3 Å². The van der Waals surface area contributed by atoms with Crippen LogP contribution in [0, 0.1) is 0 Å². The van der Waals surface area contributed by atoms with Crippen LogP contribution < -0.4 is 21.7 Å². The first-order chi connectivity index (χ1) is 8.45. The molecular weight excluding hydrogens is 232 g/mol. The number of nitrogens with two attached hydrogens (primary N) is 2. The molecule has 3 amide bonds. The molecule has 0 saturated heterocycles. The summed E-state index contributed by atoms with van der Waals surface area (Å²) in [5, 5.41) is 2.06. The van der Waals surface area contributed by atoms with Crippen LogP contribution >= 0.6 is 0 Å². The Balaban J connectivity index is 2.81. The molecule has 1 rings (SSSR count). The molecule has 6 nitrogen and oxygen atoms in total. The van der Waals surface area contributed by atoms with Crippen molar-refractivity contribution >= 4 is 17.6 Å². The maximum atomic E-state index is 11.6. The van der Waals surface area contributed by atoms with Crippen LogP contribution in [0.3, 0.4) is 0 Å². The molecule has 0 saturated carbocycles. The molecule has 1 aromatic rings. The van der Waals surface area contributed by atoms with Crippen LogP contribution in [0.25, 0.3) is 0 Å². The first-order valence-corrected chi connectivity index (χ1v) is 5.58. The lowest BCUT2D eigenvalue weighted by Crippen LogP contribution is -2.47. The molecule has 18 heavy (non-hydrogen) atoms. The Morgan fingerprint density at radius 3 is 2.67 bits per heavy atom. The molecular formula is C12H18N4O2. The molecule has 0 spiro atoms. The maximum Gasteiger partial charge on any atom is 0.318 e. The normalized spacial score (nSPS) is 11.7. The monoisotopic (exact) mass is 250 g/mol. The second kappa shape index (κ2) is 6.02. The lowest BCUT2D eigenvalue weighted by Gasteiger charge is -2.26. The first kappa shape index (κ1) is 14.0. The van der Waals surface area contributed by atoms with E-state index in [2.05, 4.69) is 5.32 Å². The smallest absolute Gasteiger partial charge is 0.318 e. The zero-order valence-electron chi connectivity index (χ0n) is 10.5. The Kier molecular flexibility index (Phi) is 4.67. The van der Waals surface area contributed by atoms with E-state index in [1.807, 2.05) is 24.3 Å². The first-order valence-electron chi connectivity index (χ1n) is 5.58. The Hall–Kier alpha value is -2.08. The predicted octanol–water partition coefficient (Wildman–Crippen LogP) is 0.165. The molecule has 1 atom stereocenters. The van der Waals surface area contributed by atoms with Gasteiger partial charge in [-0.05, 0) is 24.6 Å². The van der Waals surface area contributed by atoms with Crippen molar-refractivity contribution < 1.29 is 9.59 Å². The number of carbonyl (C=O) groups is 2. The number of nitrogens with one attached hydrogen (secondary N) is 1. The van der Waals surface area contributed by atoms with Crippen LogP contribution in [-0.2, 0) is 11.3 Å². The standard InChI is InChI=1S/C12H18N4O2/c1-8(11(17)15-12(14)18)16(2)10-5-3-4-9(6-10)7-13/h3-6,8H,7,13H2,1-2H3,(H3,14,15,17,18). The molecule has 0 bridgehead atoms. The number of hydrogen-bond donors (Lipinski definition) is 3. The molecule has 5 N–H and O–H groups in total. The molecule has 0 aliphatic carbocycles. The summed E-state index contributed by atoms with van der Waals surface area (Å²) >= 11 is 0. The van der Waals surface area contributed by atoms with Crippen LogP contribution in [0.2, 0.25) is 0 Å². The SMILES string of the molecule is CC(C(=O)NC(N)=O)N(C)c1cccc(CN)c1. The molecule has 0 aromatic heterocycles. The van der Waals surface area contributed by atoms with E-state index in [0.29, 0.717) is 6.54 Å². The molecule has 0 aliphatic heterocycles. The van der Waals surface area contributed by atoms with Crippen LogP contribution in [0.4, 0.5) is 10.5 Å². The number of urea groups is 1. The fourth-order valence-corrected chi connectivity index (χ4v) is 1.53. The Morgan fingerprint density at radius 2 is 2.11 bits per heavy atom. The number of nitrogens with zero attached hydrogens (tertiary/aromatic N) is 1. The number of hydrogen-bond acceptors (Lipinski definition) is 4. The fraction of sp³-hybridized carbons (Fsp3) is 0.333. The van der Waals surface area contributed by atoms with E-state index < -0.39 is 18.0 Å². The van der Waals surface area contributed by atoms with Gasteiger partial charge in [-0.25, -0.2) is 4.79 Å². The summed E-state index contributed by atoms with van der Waals surface area (Å²) in [4.78, 5) is 24.0. The van der Waals surface area contributed by atoms with Gasteiger partial charge in [-0.3, -0.25) is 10.1 Å². The Labute approximate surface area is 106 Å². The van der Waals surface area contributed by atoms with Crippen molar-refractivity contribution in [3.63, 3.8) is 0 Å². The summed E-state index contributed by atoms with van der Waals surface area (Å²) in [5.41, 5.74) is 12.3. The van der Waals surface area contributed by atoms with Crippen molar-refractivity contribution in [1.82, 2.24) is 5.32 Å². The second-order valence-corrected chi connectivity index (χ2v) is 4.01. The van der Waals surface area contributed by atoms with Gasteiger partial charge in [0.25, 0.3) is 0 Å². The third-order valence-corrected chi connectivity index (χ3v) is 2.76. The third kappa shape index (κ3) is 3.46. The van der Waals surface area contributed by atoms with Crippen LogP contribution in [0.15, 0.2) is 24.3 Å². The van der Waals surface area contributed by atoms with E-state index in [9.17, 15) is 9.59 Å². The van der Waals surface area contributed by atoms with Crippen LogP contribution in [-0.4, -0.2) is 25.0 Å². The molecule has 1 unspecified atom stereocenters. The van der Waals surface area contributed by atoms with E-state index in [-0.39, 0.29) is 0 Å². The number of rotatable bonds is 4. The number of likely N-dealkylation sites (N-methyl/N-ethyl adjacent to an activating group) is 1. The van der Waals surface area contributed by atoms with Gasteiger partial charge in [-0.15, -0.1) is 0 Å². The number of benzene rings is 1. The van der Waals surface area contributed by atoms with Crippen molar-refractivity contribution in [3.05, 3.63) is 29.8 Å². The average Bonchev–Trinajstić information content (AvgIpc) is 2.36. The minimum Gasteiger partial charge on any atom is -0.363 e. The van der Waals surface area contributed by atoms with E-state index in [1.165, 1.54) is 0 Å². The largest absolute Gasteiger partial charge is 0.363 e. The molecule has 6 heteroatoms. The number of anilines is 1. The van der Waals surface area contributed by atoms with Crippen molar-refractivity contribution in [3.8, 4) is 0 Å². The van der Waals surface area contributed by atoms with Gasteiger partial charge < -0.3 is 16.4 Å². The zero-order valence-corrected chi connectivity index (χ0v) is 10.5. The van der Waals surface area contributed by atoms with Gasteiger partial charge in [-0.1, -0.05) is 12.1 Å². The van der Waals surface area contributed by atoms with Gasteiger partial charge in [-0.2, -0.15) is 0 Å². The molecule has 0 aliphatic rings. The maximum absolute atomic E-state index is 11.6. The highest BCUT2D eigenvalue weighted by atomic mass is 16.2. The Morgan fingerprint density at radius 1 is 1.44 bits per heavy atom.